The van der Waals surface area contributed by atoms with Crippen molar-refractivity contribution in [2.45, 2.75) is 20.8 Å². The molecule has 8 heteroatoms. The van der Waals surface area contributed by atoms with E-state index in [-0.39, 0.29) is 23.3 Å². The van der Waals surface area contributed by atoms with Crippen LogP contribution in [0.15, 0.2) is 34.9 Å². The van der Waals surface area contributed by atoms with Crippen molar-refractivity contribution in [1.82, 2.24) is 5.16 Å². The third-order valence-electron chi connectivity index (χ3n) is 3.64. The van der Waals surface area contributed by atoms with Crippen molar-refractivity contribution in [2.75, 3.05) is 40.1 Å². The topological polar surface area (TPSA) is 87.5 Å². The molecule has 0 atom stereocenters. The first-order chi connectivity index (χ1) is 12.5. The second-order valence-electron chi connectivity index (χ2n) is 5.63. The Balaban J connectivity index is 1.72. The van der Waals surface area contributed by atoms with Gasteiger partial charge in [-0.05, 0) is 45.0 Å². The van der Waals surface area contributed by atoms with Crippen molar-refractivity contribution in [3.63, 3.8) is 0 Å². The van der Waals surface area contributed by atoms with Crippen molar-refractivity contribution in [1.29, 1.82) is 0 Å². The molecule has 1 aromatic heterocycles. The molecule has 7 nitrogen and oxygen atoms in total. The van der Waals surface area contributed by atoms with Gasteiger partial charge in [-0.15, -0.1) is 11.8 Å². The molecular weight excluding hydrogens is 352 g/mol. The number of thioether (sulfide) groups is 1. The molecular formula is C18H24N4O3S. The Morgan fingerprint density at radius 1 is 1.08 bits per heavy atom. The predicted octanol–water partition coefficient (Wildman–Crippen LogP) is 3.14. The average Bonchev–Trinajstić information content (AvgIpc) is 3.02. The lowest BCUT2D eigenvalue weighted by Gasteiger charge is -2.21. The number of benzene rings is 1. The molecule has 0 fully saturated rings. The van der Waals surface area contributed by atoms with Crippen molar-refractivity contribution in [2.24, 2.45) is 0 Å². The average molecular weight is 376 g/mol. The number of hydrogen-bond donors (Lipinski definition) is 2. The first-order valence-corrected chi connectivity index (χ1v) is 9.63. The molecule has 0 saturated heterocycles. The molecule has 2 N–H and O–H groups in total. The van der Waals surface area contributed by atoms with Gasteiger partial charge in [0.1, 0.15) is 5.76 Å². The zero-order valence-corrected chi connectivity index (χ0v) is 16.1. The summed E-state index contributed by atoms with van der Waals surface area (Å²) in [5.41, 5.74) is 1.87. The van der Waals surface area contributed by atoms with Crippen LogP contribution >= 0.6 is 11.8 Å². The van der Waals surface area contributed by atoms with Gasteiger partial charge in [0.2, 0.25) is 11.8 Å². The molecule has 2 rings (SSSR count). The van der Waals surface area contributed by atoms with Crippen molar-refractivity contribution >= 4 is 40.8 Å². The SMILES string of the molecule is CCN(CC)c1ccc(NC(=O)CSCC(=O)Nc2cc(C)on2)cc1. The molecule has 0 unspecified atom stereocenters. The van der Waals surface area contributed by atoms with Crippen LogP contribution in [0.25, 0.3) is 0 Å². The Bertz CT molecular complexity index is 726. The fraction of sp³-hybridized carbons (Fsp3) is 0.389. The Labute approximate surface area is 157 Å². The molecule has 0 bridgehead atoms. The first kappa shape index (κ1) is 19.8. The van der Waals surface area contributed by atoms with E-state index in [2.05, 4.69) is 34.5 Å². The summed E-state index contributed by atoms with van der Waals surface area (Å²) in [5.74, 6) is 1.00. The molecule has 1 heterocycles. The number of carbonyl (C=O) groups excluding carboxylic acids is 2. The van der Waals surface area contributed by atoms with Crippen LogP contribution in [-0.4, -0.2) is 41.6 Å². The summed E-state index contributed by atoms with van der Waals surface area (Å²) in [4.78, 5) is 26.0. The molecule has 0 radical (unpaired) electrons. The maximum atomic E-state index is 12.0. The van der Waals surface area contributed by atoms with Gasteiger partial charge in [0.15, 0.2) is 5.82 Å². The summed E-state index contributed by atoms with van der Waals surface area (Å²) in [6.07, 6.45) is 0. The number of hydrogen-bond acceptors (Lipinski definition) is 6. The van der Waals surface area contributed by atoms with E-state index in [9.17, 15) is 9.59 Å². The second-order valence-corrected chi connectivity index (χ2v) is 6.62. The summed E-state index contributed by atoms with van der Waals surface area (Å²) >= 11 is 1.24. The number of anilines is 3. The van der Waals surface area contributed by atoms with Crippen molar-refractivity contribution in [3.8, 4) is 0 Å². The van der Waals surface area contributed by atoms with Gasteiger partial charge >= 0.3 is 0 Å². The quantitative estimate of drug-likeness (QED) is 0.699. The van der Waals surface area contributed by atoms with Crippen LogP contribution < -0.4 is 15.5 Å². The highest BCUT2D eigenvalue weighted by atomic mass is 32.2. The minimum Gasteiger partial charge on any atom is -0.372 e. The number of aryl methyl sites for hydroxylation is 1. The molecule has 2 aromatic rings. The molecule has 1 aromatic carbocycles. The molecule has 0 aliphatic carbocycles. The molecule has 2 amide bonds. The predicted molar refractivity (Wildman–Crippen MR) is 106 cm³/mol. The largest absolute Gasteiger partial charge is 0.372 e. The van der Waals surface area contributed by atoms with Gasteiger partial charge in [0.05, 0.1) is 11.5 Å². The third-order valence-corrected chi connectivity index (χ3v) is 4.57. The van der Waals surface area contributed by atoms with Gasteiger partial charge in [-0.25, -0.2) is 0 Å². The number of nitrogens with zero attached hydrogens (tertiary/aromatic N) is 2. The molecule has 140 valence electrons. The van der Waals surface area contributed by atoms with Crippen LogP contribution in [0.5, 0.6) is 0 Å². The van der Waals surface area contributed by atoms with Crippen molar-refractivity contribution in [3.05, 3.63) is 36.1 Å². The Morgan fingerprint density at radius 3 is 2.23 bits per heavy atom. The molecule has 0 aliphatic rings. The number of rotatable bonds is 9. The maximum Gasteiger partial charge on any atom is 0.235 e. The summed E-state index contributed by atoms with van der Waals surface area (Å²) < 4.78 is 4.87. The number of aromatic nitrogens is 1. The van der Waals surface area contributed by atoms with E-state index in [1.807, 2.05) is 24.3 Å². The highest BCUT2D eigenvalue weighted by Crippen LogP contribution is 2.18. The highest BCUT2D eigenvalue weighted by molar-refractivity contribution is 8.00. The zero-order valence-electron chi connectivity index (χ0n) is 15.2. The fourth-order valence-electron chi connectivity index (χ4n) is 2.38. The minimum atomic E-state index is -0.223. The maximum absolute atomic E-state index is 12.0. The van der Waals surface area contributed by atoms with Crippen molar-refractivity contribution < 1.29 is 14.1 Å². The van der Waals surface area contributed by atoms with Crippen LogP contribution in [0.1, 0.15) is 19.6 Å². The summed E-state index contributed by atoms with van der Waals surface area (Å²) in [7, 11) is 0. The van der Waals surface area contributed by atoms with Gasteiger partial charge in [-0.2, -0.15) is 0 Å². The minimum absolute atomic E-state index is 0.143. The van der Waals surface area contributed by atoms with Gasteiger partial charge in [0.25, 0.3) is 0 Å². The Hall–Kier alpha value is -2.48. The van der Waals surface area contributed by atoms with E-state index in [1.54, 1.807) is 13.0 Å². The second kappa shape index (κ2) is 9.86. The van der Waals surface area contributed by atoms with E-state index in [4.69, 9.17) is 4.52 Å². The Morgan fingerprint density at radius 2 is 1.69 bits per heavy atom. The first-order valence-electron chi connectivity index (χ1n) is 8.47. The van der Waals surface area contributed by atoms with Crippen LogP contribution in [0, 0.1) is 6.92 Å². The summed E-state index contributed by atoms with van der Waals surface area (Å²) in [5, 5.41) is 9.13. The number of amides is 2. The highest BCUT2D eigenvalue weighted by Gasteiger charge is 2.09. The number of carbonyl (C=O) groups is 2. The van der Waals surface area contributed by atoms with Crippen LogP contribution in [0.4, 0.5) is 17.2 Å². The van der Waals surface area contributed by atoms with Crippen LogP contribution in [-0.2, 0) is 9.59 Å². The van der Waals surface area contributed by atoms with Gasteiger partial charge in [-0.3, -0.25) is 9.59 Å². The van der Waals surface area contributed by atoms with E-state index in [0.717, 1.165) is 24.5 Å². The monoisotopic (exact) mass is 376 g/mol. The van der Waals surface area contributed by atoms with Gasteiger partial charge in [0, 0.05) is 30.5 Å². The van der Waals surface area contributed by atoms with Crippen LogP contribution in [0.3, 0.4) is 0 Å². The van der Waals surface area contributed by atoms with Gasteiger partial charge < -0.3 is 20.1 Å². The third kappa shape index (κ3) is 6.11. The zero-order chi connectivity index (χ0) is 18.9. The van der Waals surface area contributed by atoms with E-state index < -0.39 is 0 Å². The smallest absolute Gasteiger partial charge is 0.235 e. The molecule has 26 heavy (non-hydrogen) atoms. The van der Waals surface area contributed by atoms with E-state index >= 15 is 0 Å². The molecule has 0 aliphatic heterocycles. The lowest BCUT2D eigenvalue weighted by molar-refractivity contribution is -0.114. The Kier molecular flexibility index (Phi) is 7.53. The van der Waals surface area contributed by atoms with E-state index in [1.165, 1.54) is 11.8 Å². The van der Waals surface area contributed by atoms with Crippen LogP contribution in [0.2, 0.25) is 0 Å². The molecule has 0 spiro atoms. The lowest BCUT2D eigenvalue weighted by Crippen LogP contribution is -2.21. The van der Waals surface area contributed by atoms with E-state index in [0.29, 0.717) is 11.6 Å². The normalized spacial score (nSPS) is 10.4. The standard InChI is InChI=1S/C18H24N4O3S/c1-4-22(5-2)15-8-6-14(7-9-15)19-17(23)11-26-12-18(24)20-16-10-13(3)25-21-16/h6-10H,4-5,11-12H2,1-3H3,(H,19,23)(H,20,21,24). The lowest BCUT2D eigenvalue weighted by atomic mass is 10.2. The fourth-order valence-corrected chi connectivity index (χ4v) is 3.00. The number of nitrogens with one attached hydrogen (secondary N) is 2. The molecule has 0 saturated carbocycles. The summed E-state index contributed by atoms with van der Waals surface area (Å²) in [6, 6.07) is 9.38. The summed E-state index contributed by atoms with van der Waals surface area (Å²) in [6.45, 7) is 7.84. The van der Waals surface area contributed by atoms with Gasteiger partial charge in [-0.1, -0.05) is 5.16 Å².